The number of hydrogen-bond acceptors (Lipinski definition) is 3. The predicted octanol–water partition coefficient (Wildman–Crippen LogP) is -0.0857. The van der Waals surface area contributed by atoms with E-state index in [0.29, 0.717) is 11.5 Å². The summed E-state index contributed by atoms with van der Waals surface area (Å²) in [5.74, 6) is 0.236. The van der Waals surface area contributed by atoms with Gasteiger partial charge >= 0.3 is 0 Å². The maximum absolute atomic E-state index is 9.56. The summed E-state index contributed by atoms with van der Waals surface area (Å²) in [6.45, 7) is 1.90. The molecule has 1 unspecified atom stereocenters. The molecule has 0 aromatic rings. The molecule has 1 aliphatic rings. The van der Waals surface area contributed by atoms with E-state index in [1.807, 2.05) is 13.0 Å². The summed E-state index contributed by atoms with van der Waals surface area (Å²) in [5.41, 5.74) is 0.646. The van der Waals surface area contributed by atoms with Crippen LogP contribution in [0.25, 0.3) is 0 Å². The lowest BCUT2D eigenvalue weighted by Gasteiger charge is -2.29. The van der Waals surface area contributed by atoms with Gasteiger partial charge in [0.05, 0.1) is 12.7 Å². The van der Waals surface area contributed by atoms with Gasteiger partial charge < -0.3 is 15.3 Å². The van der Waals surface area contributed by atoms with Crippen LogP contribution in [0.5, 0.6) is 0 Å². The molecule has 3 N–H and O–H groups in total. The van der Waals surface area contributed by atoms with Gasteiger partial charge in [-0.2, -0.15) is 0 Å². The summed E-state index contributed by atoms with van der Waals surface area (Å²) in [5, 5.41) is 27.4. The zero-order valence-electron chi connectivity index (χ0n) is 7.27. The van der Waals surface area contributed by atoms with Crippen molar-refractivity contribution in [2.24, 2.45) is 11.8 Å². The second-order valence-corrected chi connectivity index (χ2v) is 3.50. The van der Waals surface area contributed by atoms with E-state index in [-0.39, 0.29) is 19.1 Å². The molecule has 0 aromatic heterocycles. The molecule has 3 atom stereocenters. The van der Waals surface area contributed by atoms with Crippen LogP contribution < -0.4 is 0 Å². The molecule has 0 aromatic carbocycles. The fourth-order valence-corrected chi connectivity index (χ4v) is 1.76. The molecule has 0 saturated carbocycles. The highest BCUT2D eigenvalue weighted by Crippen LogP contribution is 2.27. The molecule has 3 heteroatoms. The van der Waals surface area contributed by atoms with E-state index < -0.39 is 6.10 Å². The highest BCUT2D eigenvalue weighted by Gasteiger charge is 2.27. The molecule has 3 nitrogen and oxygen atoms in total. The van der Waals surface area contributed by atoms with Gasteiger partial charge in [0.25, 0.3) is 0 Å². The first kappa shape index (κ1) is 9.71. The number of hydrogen-bond donors (Lipinski definition) is 3. The Morgan fingerprint density at radius 2 is 2.17 bits per heavy atom. The molecule has 1 rings (SSSR count). The second-order valence-electron chi connectivity index (χ2n) is 3.50. The predicted molar refractivity (Wildman–Crippen MR) is 45.5 cm³/mol. The zero-order valence-corrected chi connectivity index (χ0v) is 7.27. The first-order valence-corrected chi connectivity index (χ1v) is 4.29. The van der Waals surface area contributed by atoms with Crippen LogP contribution in [0.15, 0.2) is 11.6 Å². The summed E-state index contributed by atoms with van der Waals surface area (Å²) in [7, 11) is 0. The lowest BCUT2D eigenvalue weighted by molar-refractivity contribution is 0.0644. The molecule has 0 amide bonds. The van der Waals surface area contributed by atoms with E-state index in [4.69, 9.17) is 10.2 Å². The maximum Gasteiger partial charge on any atom is 0.0822 e. The Bertz CT molecular complexity index is 177. The smallest absolute Gasteiger partial charge is 0.0822 e. The SMILES string of the molecule is C[C@@H]1C=C(CO)C(O)[C@H](CO)C1. The van der Waals surface area contributed by atoms with Gasteiger partial charge in [-0.3, -0.25) is 0 Å². The first-order valence-electron chi connectivity index (χ1n) is 4.29. The van der Waals surface area contributed by atoms with E-state index in [9.17, 15) is 5.11 Å². The van der Waals surface area contributed by atoms with Crippen LogP contribution in [0.1, 0.15) is 13.3 Å². The van der Waals surface area contributed by atoms with Crippen LogP contribution in [0, 0.1) is 11.8 Å². The molecule has 1 aliphatic carbocycles. The summed E-state index contributed by atoms with van der Waals surface area (Å²) in [4.78, 5) is 0. The van der Waals surface area contributed by atoms with Gasteiger partial charge in [-0.25, -0.2) is 0 Å². The largest absolute Gasteiger partial charge is 0.396 e. The van der Waals surface area contributed by atoms with Crippen molar-refractivity contribution in [2.75, 3.05) is 13.2 Å². The van der Waals surface area contributed by atoms with E-state index in [2.05, 4.69) is 0 Å². The third-order valence-corrected chi connectivity index (χ3v) is 2.42. The third-order valence-electron chi connectivity index (χ3n) is 2.42. The van der Waals surface area contributed by atoms with Crippen molar-refractivity contribution in [3.63, 3.8) is 0 Å². The quantitative estimate of drug-likeness (QED) is 0.510. The fraction of sp³-hybridized carbons (Fsp3) is 0.778. The van der Waals surface area contributed by atoms with Gasteiger partial charge in [-0.15, -0.1) is 0 Å². The van der Waals surface area contributed by atoms with Crippen molar-refractivity contribution < 1.29 is 15.3 Å². The van der Waals surface area contributed by atoms with Crippen molar-refractivity contribution in [1.82, 2.24) is 0 Å². The van der Waals surface area contributed by atoms with Gasteiger partial charge in [0.15, 0.2) is 0 Å². The summed E-state index contributed by atoms with van der Waals surface area (Å²) < 4.78 is 0. The van der Waals surface area contributed by atoms with Crippen molar-refractivity contribution in [3.05, 3.63) is 11.6 Å². The molecule has 0 spiro atoms. The van der Waals surface area contributed by atoms with Crippen LogP contribution in [0.2, 0.25) is 0 Å². The monoisotopic (exact) mass is 172 g/mol. The second kappa shape index (κ2) is 4.03. The summed E-state index contributed by atoms with van der Waals surface area (Å²) in [6.07, 6.45) is 2.02. The van der Waals surface area contributed by atoms with Crippen LogP contribution in [-0.4, -0.2) is 34.6 Å². The van der Waals surface area contributed by atoms with Gasteiger partial charge in [0.2, 0.25) is 0 Å². The molecular formula is C9H16O3. The molecule has 0 saturated heterocycles. The Morgan fingerprint density at radius 3 is 2.67 bits per heavy atom. The Hall–Kier alpha value is -0.380. The topological polar surface area (TPSA) is 60.7 Å². The Kier molecular flexibility index (Phi) is 3.26. The molecule has 70 valence electrons. The van der Waals surface area contributed by atoms with E-state index in [0.717, 1.165) is 6.42 Å². The Morgan fingerprint density at radius 1 is 1.50 bits per heavy atom. The number of aliphatic hydroxyl groups is 3. The van der Waals surface area contributed by atoms with Gasteiger partial charge in [0, 0.05) is 12.5 Å². The van der Waals surface area contributed by atoms with Crippen LogP contribution in [0.3, 0.4) is 0 Å². The number of aliphatic hydroxyl groups excluding tert-OH is 3. The minimum absolute atomic E-state index is 0.0111. The average molecular weight is 172 g/mol. The van der Waals surface area contributed by atoms with E-state index in [1.54, 1.807) is 0 Å². The molecule has 0 bridgehead atoms. The average Bonchev–Trinajstić information content (AvgIpc) is 2.08. The highest BCUT2D eigenvalue weighted by molar-refractivity contribution is 5.15. The third kappa shape index (κ3) is 1.86. The van der Waals surface area contributed by atoms with Crippen molar-refractivity contribution in [3.8, 4) is 0 Å². The van der Waals surface area contributed by atoms with E-state index >= 15 is 0 Å². The molecule has 0 aliphatic heterocycles. The standard InChI is InChI=1S/C9H16O3/c1-6-2-7(4-10)9(12)8(3-6)5-11/h2,6,8-12H,3-5H2,1H3/t6-,8+,9?/m1/s1. The normalized spacial score (nSPS) is 36.3. The summed E-state index contributed by atoms with van der Waals surface area (Å²) >= 11 is 0. The Balaban J connectivity index is 2.72. The molecule has 0 fully saturated rings. The lowest BCUT2D eigenvalue weighted by atomic mass is 9.81. The number of rotatable bonds is 2. The van der Waals surface area contributed by atoms with E-state index in [1.165, 1.54) is 0 Å². The van der Waals surface area contributed by atoms with Gasteiger partial charge in [0.1, 0.15) is 0 Å². The molecule has 12 heavy (non-hydrogen) atoms. The molecular weight excluding hydrogens is 156 g/mol. The van der Waals surface area contributed by atoms with Crippen LogP contribution in [-0.2, 0) is 0 Å². The fourth-order valence-electron chi connectivity index (χ4n) is 1.76. The van der Waals surface area contributed by atoms with Crippen LogP contribution >= 0.6 is 0 Å². The maximum atomic E-state index is 9.56. The lowest BCUT2D eigenvalue weighted by Crippen LogP contribution is -2.32. The van der Waals surface area contributed by atoms with Crippen molar-refractivity contribution >= 4 is 0 Å². The Labute approximate surface area is 72.3 Å². The van der Waals surface area contributed by atoms with Gasteiger partial charge in [-0.05, 0) is 17.9 Å². The highest BCUT2D eigenvalue weighted by atomic mass is 16.3. The molecule has 0 radical (unpaired) electrons. The minimum Gasteiger partial charge on any atom is -0.396 e. The first-order chi connectivity index (χ1) is 5.69. The number of allylic oxidation sites excluding steroid dienone is 1. The molecule has 0 heterocycles. The summed E-state index contributed by atoms with van der Waals surface area (Å²) in [6, 6.07) is 0. The minimum atomic E-state index is -0.656. The van der Waals surface area contributed by atoms with Crippen molar-refractivity contribution in [1.29, 1.82) is 0 Å². The van der Waals surface area contributed by atoms with Crippen LogP contribution in [0.4, 0.5) is 0 Å². The van der Waals surface area contributed by atoms with Gasteiger partial charge in [-0.1, -0.05) is 13.0 Å². The zero-order chi connectivity index (χ0) is 9.14. The van der Waals surface area contributed by atoms with Crippen molar-refractivity contribution in [2.45, 2.75) is 19.4 Å².